The van der Waals surface area contributed by atoms with Gasteiger partial charge in [0.15, 0.2) is 0 Å². The molecule has 0 aromatic rings. The van der Waals surface area contributed by atoms with Gasteiger partial charge in [-0.25, -0.2) is 0 Å². The van der Waals surface area contributed by atoms with Crippen LogP contribution in [-0.4, -0.2) is 23.7 Å². The van der Waals surface area contributed by atoms with Crippen LogP contribution in [0.1, 0.15) is 32.6 Å². The molecule has 0 radical (unpaired) electrons. The van der Waals surface area contributed by atoms with Crippen molar-refractivity contribution in [3.05, 3.63) is 12.7 Å². The molecule has 0 aromatic heterocycles. The van der Waals surface area contributed by atoms with Gasteiger partial charge in [-0.2, -0.15) is 0 Å². The maximum Gasteiger partial charge on any atom is 0.320 e. The SMILES string of the molecule is C=CCCCCCN[C@H](C)C(=O)O. The Bertz CT molecular complexity index is 157. The molecule has 0 fully saturated rings. The highest BCUT2D eigenvalue weighted by atomic mass is 16.4. The van der Waals surface area contributed by atoms with Crippen molar-refractivity contribution >= 4 is 5.97 Å². The summed E-state index contributed by atoms with van der Waals surface area (Å²) in [5.41, 5.74) is 0. The smallest absolute Gasteiger partial charge is 0.320 e. The second-order valence-corrected chi connectivity index (χ2v) is 3.15. The fourth-order valence-corrected chi connectivity index (χ4v) is 0.996. The van der Waals surface area contributed by atoms with E-state index in [1.54, 1.807) is 6.92 Å². The molecule has 76 valence electrons. The monoisotopic (exact) mass is 185 g/mol. The van der Waals surface area contributed by atoms with Gasteiger partial charge in [-0.1, -0.05) is 12.5 Å². The second-order valence-electron chi connectivity index (χ2n) is 3.15. The first-order valence-electron chi connectivity index (χ1n) is 4.75. The van der Waals surface area contributed by atoms with E-state index in [0.717, 1.165) is 32.2 Å². The van der Waals surface area contributed by atoms with E-state index >= 15 is 0 Å². The van der Waals surface area contributed by atoms with Crippen molar-refractivity contribution in [3.63, 3.8) is 0 Å². The number of carboxylic acid groups (broad SMARTS) is 1. The fraction of sp³-hybridized carbons (Fsp3) is 0.700. The van der Waals surface area contributed by atoms with Crippen LogP contribution in [0, 0.1) is 0 Å². The van der Waals surface area contributed by atoms with Crippen LogP contribution in [0.15, 0.2) is 12.7 Å². The summed E-state index contributed by atoms with van der Waals surface area (Å²) in [5.74, 6) is -0.786. The van der Waals surface area contributed by atoms with E-state index in [9.17, 15) is 4.79 Å². The molecule has 0 unspecified atom stereocenters. The van der Waals surface area contributed by atoms with Crippen molar-refractivity contribution in [2.75, 3.05) is 6.54 Å². The van der Waals surface area contributed by atoms with E-state index in [2.05, 4.69) is 11.9 Å². The maximum absolute atomic E-state index is 10.4. The van der Waals surface area contributed by atoms with Crippen molar-refractivity contribution in [1.82, 2.24) is 5.32 Å². The van der Waals surface area contributed by atoms with Gasteiger partial charge in [0.1, 0.15) is 6.04 Å². The van der Waals surface area contributed by atoms with Crippen molar-refractivity contribution in [3.8, 4) is 0 Å². The second kappa shape index (κ2) is 7.80. The van der Waals surface area contributed by atoms with Crippen LogP contribution in [-0.2, 0) is 4.79 Å². The molecule has 0 aromatic carbocycles. The summed E-state index contributed by atoms with van der Waals surface area (Å²) in [7, 11) is 0. The van der Waals surface area contributed by atoms with Crippen LogP contribution in [0.25, 0.3) is 0 Å². The van der Waals surface area contributed by atoms with Crippen molar-refractivity contribution < 1.29 is 9.90 Å². The lowest BCUT2D eigenvalue weighted by Crippen LogP contribution is -2.34. The third-order valence-corrected chi connectivity index (χ3v) is 1.91. The van der Waals surface area contributed by atoms with Crippen molar-refractivity contribution in [2.24, 2.45) is 0 Å². The van der Waals surface area contributed by atoms with Crippen LogP contribution in [0.4, 0.5) is 0 Å². The van der Waals surface area contributed by atoms with E-state index in [-0.39, 0.29) is 0 Å². The van der Waals surface area contributed by atoms with Gasteiger partial charge in [-0.15, -0.1) is 6.58 Å². The Morgan fingerprint density at radius 1 is 1.54 bits per heavy atom. The standard InChI is InChI=1S/C10H19NO2/c1-3-4-5-6-7-8-11-9(2)10(12)13/h3,9,11H,1,4-8H2,2H3,(H,12,13)/t9-/m1/s1. The average molecular weight is 185 g/mol. The molecule has 0 aliphatic carbocycles. The Labute approximate surface area is 79.8 Å². The molecule has 2 N–H and O–H groups in total. The van der Waals surface area contributed by atoms with Crippen LogP contribution in [0.2, 0.25) is 0 Å². The van der Waals surface area contributed by atoms with Gasteiger partial charge in [0.05, 0.1) is 0 Å². The summed E-state index contributed by atoms with van der Waals surface area (Å²) in [6.07, 6.45) is 6.27. The molecule has 1 atom stereocenters. The van der Waals surface area contributed by atoms with E-state index in [0.29, 0.717) is 0 Å². The third kappa shape index (κ3) is 7.53. The molecule has 13 heavy (non-hydrogen) atoms. The Balaban J connectivity index is 3.15. The van der Waals surface area contributed by atoms with E-state index < -0.39 is 12.0 Å². The Morgan fingerprint density at radius 2 is 2.23 bits per heavy atom. The summed E-state index contributed by atoms with van der Waals surface area (Å²) < 4.78 is 0. The van der Waals surface area contributed by atoms with Gasteiger partial charge in [0.25, 0.3) is 0 Å². The molecule has 0 spiro atoms. The summed E-state index contributed by atoms with van der Waals surface area (Å²) in [5, 5.41) is 11.5. The van der Waals surface area contributed by atoms with Gasteiger partial charge in [-0.3, -0.25) is 4.79 Å². The van der Waals surface area contributed by atoms with Crippen LogP contribution in [0.5, 0.6) is 0 Å². The number of unbranched alkanes of at least 4 members (excludes halogenated alkanes) is 3. The topological polar surface area (TPSA) is 49.3 Å². The lowest BCUT2D eigenvalue weighted by atomic mass is 10.2. The zero-order valence-electron chi connectivity index (χ0n) is 8.25. The summed E-state index contributed by atoms with van der Waals surface area (Å²) in [6, 6.07) is -0.431. The van der Waals surface area contributed by atoms with Crippen molar-refractivity contribution in [1.29, 1.82) is 0 Å². The minimum Gasteiger partial charge on any atom is -0.480 e. The van der Waals surface area contributed by atoms with Gasteiger partial charge >= 0.3 is 5.97 Å². The van der Waals surface area contributed by atoms with Crippen LogP contribution >= 0.6 is 0 Å². The highest BCUT2D eigenvalue weighted by molar-refractivity contribution is 5.72. The normalized spacial score (nSPS) is 12.4. The Hall–Kier alpha value is -0.830. The van der Waals surface area contributed by atoms with E-state index in [1.807, 2.05) is 6.08 Å². The number of nitrogens with one attached hydrogen (secondary N) is 1. The molecule has 3 nitrogen and oxygen atoms in total. The predicted molar refractivity (Wildman–Crippen MR) is 53.8 cm³/mol. The lowest BCUT2D eigenvalue weighted by Gasteiger charge is -2.07. The molecule has 0 rings (SSSR count). The highest BCUT2D eigenvalue weighted by Crippen LogP contribution is 1.98. The number of aliphatic carboxylic acids is 1. The zero-order chi connectivity index (χ0) is 10.1. The molecular formula is C10H19NO2. The van der Waals surface area contributed by atoms with Gasteiger partial charge in [0.2, 0.25) is 0 Å². The number of allylic oxidation sites excluding steroid dienone is 1. The largest absolute Gasteiger partial charge is 0.480 e. The molecule has 0 heterocycles. The maximum atomic E-state index is 10.4. The number of hydrogen-bond donors (Lipinski definition) is 2. The zero-order valence-corrected chi connectivity index (χ0v) is 8.25. The number of hydrogen-bond acceptors (Lipinski definition) is 2. The number of rotatable bonds is 8. The lowest BCUT2D eigenvalue weighted by molar-refractivity contribution is -0.138. The molecule has 3 heteroatoms. The first kappa shape index (κ1) is 12.2. The minimum absolute atomic E-state index is 0.431. The molecular weight excluding hydrogens is 166 g/mol. The molecule has 0 bridgehead atoms. The predicted octanol–water partition coefficient (Wildman–Crippen LogP) is 1.80. The number of carboxylic acids is 1. The molecule has 0 saturated carbocycles. The Morgan fingerprint density at radius 3 is 2.77 bits per heavy atom. The van der Waals surface area contributed by atoms with Gasteiger partial charge < -0.3 is 10.4 Å². The quantitative estimate of drug-likeness (QED) is 0.448. The summed E-state index contributed by atoms with van der Waals surface area (Å²) in [6.45, 7) is 6.08. The van der Waals surface area contributed by atoms with Gasteiger partial charge in [0, 0.05) is 0 Å². The van der Waals surface area contributed by atoms with Crippen LogP contribution < -0.4 is 5.32 Å². The molecule has 0 saturated heterocycles. The van der Waals surface area contributed by atoms with E-state index in [1.165, 1.54) is 0 Å². The average Bonchev–Trinajstić information content (AvgIpc) is 2.10. The van der Waals surface area contributed by atoms with E-state index in [4.69, 9.17) is 5.11 Å². The molecule has 0 aliphatic heterocycles. The number of carbonyl (C=O) groups is 1. The minimum atomic E-state index is -0.786. The van der Waals surface area contributed by atoms with Gasteiger partial charge in [-0.05, 0) is 32.7 Å². The first-order valence-corrected chi connectivity index (χ1v) is 4.75. The fourth-order valence-electron chi connectivity index (χ4n) is 0.996. The first-order chi connectivity index (χ1) is 6.18. The highest BCUT2D eigenvalue weighted by Gasteiger charge is 2.07. The summed E-state index contributed by atoms with van der Waals surface area (Å²) >= 11 is 0. The molecule has 0 aliphatic rings. The Kier molecular flexibility index (Phi) is 7.30. The summed E-state index contributed by atoms with van der Waals surface area (Å²) in [4.78, 5) is 10.4. The third-order valence-electron chi connectivity index (χ3n) is 1.91. The molecule has 0 amide bonds. The van der Waals surface area contributed by atoms with Crippen LogP contribution in [0.3, 0.4) is 0 Å². The van der Waals surface area contributed by atoms with Crippen molar-refractivity contribution in [2.45, 2.75) is 38.6 Å².